The molecule has 2 rings (SSSR count). The van der Waals surface area contributed by atoms with Crippen molar-refractivity contribution in [1.29, 1.82) is 0 Å². The Bertz CT molecular complexity index is 318. The van der Waals surface area contributed by atoms with Gasteiger partial charge in [-0.2, -0.15) is 0 Å². The van der Waals surface area contributed by atoms with Crippen molar-refractivity contribution in [2.75, 3.05) is 5.75 Å². The summed E-state index contributed by atoms with van der Waals surface area (Å²) in [5.74, 6) is 1.21. The van der Waals surface area contributed by atoms with E-state index in [4.69, 9.17) is 0 Å². The van der Waals surface area contributed by atoms with Gasteiger partial charge in [0.1, 0.15) is 0 Å². The molecule has 0 saturated carbocycles. The number of hydrogen-bond acceptors (Lipinski definition) is 1. The second-order valence-electron chi connectivity index (χ2n) is 3.81. The van der Waals surface area contributed by atoms with E-state index in [1.54, 1.807) is 0 Å². The highest BCUT2D eigenvalue weighted by Gasteiger charge is 2.30. The molecule has 0 bridgehead atoms. The second-order valence-corrected chi connectivity index (χ2v) is 5.75. The second kappa shape index (κ2) is 2.78. The highest BCUT2D eigenvalue weighted by Crippen LogP contribution is 2.44. The molecule has 0 fully saturated rings. The van der Waals surface area contributed by atoms with Crippen LogP contribution in [0.25, 0.3) is 0 Å². The normalized spacial score (nSPS) is 19.2. The number of thioether (sulfide) groups is 1. The first kappa shape index (κ1) is 8.64. The first-order valence-corrected chi connectivity index (χ1v) is 5.80. The summed E-state index contributed by atoms with van der Waals surface area (Å²) in [4.78, 5) is 1.45. The van der Waals surface area contributed by atoms with Gasteiger partial charge in [0.2, 0.25) is 0 Å². The van der Waals surface area contributed by atoms with Gasteiger partial charge in [0.15, 0.2) is 0 Å². The predicted octanol–water partition coefficient (Wildman–Crippen LogP) is 3.83. The lowest BCUT2D eigenvalue weighted by molar-refractivity contribution is 0.604. The van der Waals surface area contributed by atoms with Crippen molar-refractivity contribution in [2.45, 2.75) is 24.2 Å². The van der Waals surface area contributed by atoms with E-state index in [1.807, 2.05) is 11.8 Å². The lowest BCUT2D eigenvalue weighted by Crippen LogP contribution is -2.15. The molecule has 0 nitrogen and oxygen atoms in total. The van der Waals surface area contributed by atoms with Gasteiger partial charge in [0, 0.05) is 20.5 Å². The van der Waals surface area contributed by atoms with E-state index in [2.05, 4.69) is 48.0 Å². The zero-order valence-electron chi connectivity index (χ0n) is 7.23. The fourth-order valence-corrected chi connectivity index (χ4v) is 3.18. The molecule has 1 aromatic rings. The van der Waals surface area contributed by atoms with Gasteiger partial charge in [0.25, 0.3) is 0 Å². The number of fused-ring (bicyclic) bond motifs is 1. The van der Waals surface area contributed by atoms with Gasteiger partial charge in [-0.15, -0.1) is 11.8 Å². The molecule has 0 unspecified atom stereocenters. The van der Waals surface area contributed by atoms with Crippen LogP contribution in [0.4, 0.5) is 0 Å². The van der Waals surface area contributed by atoms with Crippen LogP contribution < -0.4 is 0 Å². The van der Waals surface area contributed by atoms with Crippen LogP contribution in [-0.2, 0) is 5.41 Å². The van der Waals surface area contributed by atoms with Crippen LogP contribution in [-0.4, -0.2) is 5.75 Å². The van der Waals surface area contributed by atoms with Gasteiger partial charge in [-0.25, -0.2) is 0 Å². The molecule has 1 aliphatic rings. The van der Waals surface area contributed by atoms with E-state index in [1.165, 1.54) is 20.7 Å². The van der Waals surface area contributed by atoms with Crippen LogP contribution in [0.5, 0.6) is 0 Å². The Kier molecular flexibility index (Phi) is 2.00. The SMILES string of the molecule is CC1(C)CSc2ccc(Br)cc21. The Morgan fingerprint density at radius 2 is 2.17 bits per heavy atom. The summed E-state index contributed by atoms with van der Waals surface area (Å²) in [6.07, 6.45) is 0. The molecule has 0 saturated heterocycles. The number of hydrogen-bond donors (Lipinski definition) is 0. The largest absolute Gasteiger partial charge is 0.125 e. The molecule has 1 heterocycles. The summed E-state index contributed by atoms with van der Waals surface area (Å²) in [7, 11) is 0. The van der Waals surface area contributed by atoms with Crippen molar-refractivity contribution in [3.05, 3.63) is 28.2 Å². The molecule has 0 N–H and O–H groups in total. The molecule has 0 atom stereocenters. The van der Waals surface area contributed by atoms with Gasteiger partial charge < -0.3 is 0 Å². The van der Waals surface area contributed by atoms with Crippen molar-refractivity contribution in [2.24, 2.45) is 0 Å². The van der Waals surface area contributed by atoms with Gasteiger partial charge in [0.05, 0.1) is 0 Å². The Labute approximate surface area is 85.9 Å². The average Bonchev–Trinajstić information content (AvgIpc) is 2.28. The van der Waals surface area contributed by atoms with Gasteiger partial charge >= 0.3 is 0 Å². The summed E-state index contributed by atoms with van der Waals surface area (Å²) in [6.45, 7) is 4.61. The molecule has 0 radical (unpaired) electrons. The highest BCUT2D eigenvalue weighted by atomic mass is 79.9. The van der Waals surface area contributed by atoms with E-state index in [0.29, 0.717) is 5.41 Å². The lowest BCUT2D eigenvalue weighted by Gasteiger charge is -2.17. The molecular formula is C10H11BrS. The maximum absolute atomic E-state index is 3.51. The lowest BCUT2D eigenvalue weighted by atomic mass is 9.87. The standard InChI is InChI=1S/C10H11BrS/c1-10(2)6-12-9-4-3-7(11)5-8(9)10/h3-5H,6H2,1-2H3. The van der Waals surface area contributed by atoms with Crippen LogP contribution >= 0.6 is 27.7 Å². The van der Waals surface area contributed by atoms with Crippen LogP contribution in [0.15, 0.2) is 27.6 Å². The Morgan fingerprint density at radius 1 is 1.42 bits per heavy atom. The topological polar surface area (TPSA) is 0 Å². The first-order valence-electron chi connectivity index (χ1n) is 4.02. The molecule has 0 amide bonds. The number of benzene rings is 1. The smallest absolute Gasteiger partial charge is 0.0179 e. The van der Waals surface area contributed by atoms with Gasteiger partial charge in [-0.1, -0.05) is 29.8 Å². The zero-order valence-corrected chi connectivity index (χ0v) is 9.63. The summed E-state index contributed by atoms with van der Waals surface area (Å²) >= 11 is 5.47. The fraction of sp³-hybridized carbons (Fsp3) is 0.400. The van der Waals surface area contributed by atoms with E-state index < -0.39 is 0 Å². The minimum atomic E-state index is 0.351. The highest BCUT2D eigenvalue weighted by molar-refractivity contribution is 9.10. The maximum atomic E-state index is 3.51. The summed E-state index contributed by atoms with van der Waals surface area (Å²) < 4.78 is 1.19. The fourth-order valence-electron chi connectivity index (χ4n) is 1.49. The molecule has 0 aliphatic carbocycles. The van der Waals surface area contributed by atoms with Crippen LogP contribution in [0.1, 0.15) is 19.4 Å². The van der Waals surface area contributed by atoms with E-state index >= 15 is 0 Å². The van der Waals surface area contributed by atoms with Crippen molar-refractivity contribution in [1.82, 2.24) is 0 Å². The van der Waals surface area contributed by atoms with Crippen molar-refractivity contribution in [3.63, 3.8) is 0 Å². The molecule has 2 heteroatoms. The molecule has 0 aromatic heterocycles. The van der Waals surface area contributed by atoms with Gasteiger partial charge in [-0.3, -0.25) is 0 Å². The molecule has 64 valence electrons. The third-order valence-corrected chi connectivity index (χ3v) is 4.29. The minimum Gasteiger partial charge on any atom is -0.125 e. The average molecular weight is 243 g/mol. The van der Waals surface area contributed by atoms with Crippen molar-refractivity contribution >= 4 is 27.7 Å². The first-order chi connectivity index (χ1) is 5.59. The predicted molar refractivity (Wildman–Crippen MR) is 57.9 cm³/mol. The quantitative estimate of drug-likeness (QED) is 0.667. The molecular weight excluding hydrogens is 232 g/mol. The maximum Gasteiger partial charge on any atom is 0.0179 e. The van der Waals surface area contributed by atoms with Crippen LogP contribution in [0, 0.1) is 0 Å². The molecule has 1 aromatic carbocycles. The molecule has 1 aliphatic heterocycles. The Hall–Kier alpha value is 0.0500. The summed E-state index contributed by atoms with van der Waals surface area (Å²) in [6, 6.07) is 6.57. The summed E-state index contributed by atoms with van der Waals surface area (Å²) in [5.41, 5.74) is 1.84. The number of rotatable bonds is 0. The minimum absolute atomic E-state index is 0.351. The molecule has 12 heavy (non-hydrogen) atoms. The van der Waals surface area contributed by atoms with Crippen LogP contribution in [0.3, 0.4) is 0 Å². The Balaban J connectivity index is 2.57. The third kappa shape index (κ3) is 1.31. The zero-order chi connectivity index (χ0) is 8.77. The van der Waals surface area contributed by atoms with E-state index in [-0.39, 0.29) is 0 Å². The monoisotopic (exact) mass is 242 g/mol. The van der Waals surface area contributed by atoms with Crippen molar-refractivity contribution < 1.29 is 0 Å². The van der Waals surface area contributed by atoms with E-state index in [0.717, 1.165) is 0 Å². The Morgan fingerprint density at radius 3 is 2.92 bits per heavy atom. The number of halogens is 1. The molecule has 0 spiro atoms. The third-order valence-electron chi connectivity index (χ3n) is 2.26. The van der Waals surface area contributed by atoms with Gasteiger partial charge in [-0.05, 0) is 23.8 Å². The summed E-state index contributed by atoms with van der Waals surface area (Å²) in [5, 5.41) is 0. The van der Waals surface area contributed by atoms with Crippen molar-refractivity contribution in [3.8, 4) is 0 Å². The van der Waals surface area contributed by atoms with E-state index in [9.17, 15) is 0 Å². The van der Waals surface area contributed by atoms with Crippen LogP contribution in [0.2, 0.25) is 0 Å².